The number of benzene rings is 1. The Labute approximate surface area is 97.3 Å². The number of anilines is 1. The molecule has 0 atom stereocenters. The van der Waals surface area contributed by atoms with Gasteiger partial charge in [-0.15, -0.1) is 0 Å². The molecule has 0 aromatic heterocycles. The van der Waals surface area contributed by atoms with E-state index in [-0.39, 0.29) is 23.2 Å². The van der Waals surface area contributed by atoms with Crippen molar-refractivity contribution >= 4 is 17.5 Å². The highest BCUT2D eigenvalue weighted by molar-refractivity contribution is 5.69. The van der Waals surface area contributed by atoms with Gasteiger partial charge in [-0.05, 0) is 19.9 Å². The van der Waals surface area contributed by atoms with E-state index in [0.717, 1.165) is 6.07 Å². The maximum atomic E-state index is 11.2. The number of nitro benzene ring substituents is 1. The lowest BCUT2D eigenvalue weighted by Gasteiger charge is -2.09. The van der Waals surface area contributed by atoms with Crippen LogP contribution in [0.5, 0.6) is 5.75 Å². The molecule has 0 amide bonds. The van der Waals surface area contributed by atoms with Gasteiger partial charge in [0.1, 0.15) is 0 Å². The number of nitro groups is 1. The summed E-state index contributed by atoms with van der Waals surface area (Å²) in [5.41, 5.74) is 5.42. The third-order valence-corrected chi connectivity index (χ3v) is 1.73. The molecule has 1 aromatic carbocycles. The van der Waals surface area contributed by atoms with Gasteiger partial charge in [0, 0.05) is 6.07 Å². The fraction of sp³-hybridized carbons (Fsp3) is 0.300. The fourth-order valence-corrected chi connectivity index (χ4v) is 1.03. The number of carbonyl (C=O) groups is 1. The SMILES string of the molecule is CC(C)OC(=O)Oc1cc([N+](=O)[O-])ccc1N. The Kier molecular flexibility index (Phi) is 3.86. The minimum Gasteiger partial charge on any atom is -0.431 e. The molecule has 7 heteroatoms. The Morgan fingerprint density at radius 3 is 2.65 bits per heavy atom. The second-order valence-corrected chi connectivity index (χ2v) is 3.50. The smallest absolute Gasteiger partial charge is 0.431 e. The first-order valence-corrected chi connectivity index (χ1v) is 4.82. The summed E-state index contributed by atoms with van der Waals surface area (Å²) in [6, 6.07) is 3.57. The summed E-state index contributed by atoms with van der Waals surface area (Å²) in [4.78, 5) is 21.1. The molecule has 0 spiro atoms. The molecule has 1 rings (SSSR count). The van der Waals surface area contributed by atoms with Gasteiger partial charge in [-0.25, -0.2) is 4.79 Å². The Hall–Kier alpha value is -2.31. The molecule has 0 radical (unpaired) electrons. The van der Waals surface area contributed by atoms with Crippen LogP contribution in [0.4, 0.5) is 16.2 Å². The number of hydrogen-bond donors (Lipinski definition) is 1. The minimum absolute atomic E-state index is 0.0927. The monoisotopic (exact) mass is 240 g/mol. The first-order valence-electron chi connectivity index (χ1n) is 4.82. The second kappa shape index (κ2) is 5.15. The van der Waals surface area contributed by atoms with Gasteiger partial charge in [-0.1, -0.05) is 0 Å². The zero-order valence-corrected chi connectivity index (χ0v) is 9.38. The van der Waals surface area contributed by atoms with Crippen LogP contribution >= 0.6 is 0 Å². The van der Waals surface area contributed by atoms with Crippen LogP contribution in [0.25, 0.3) is 0 Å². The molecule has 0 heterocycles. The lowest BCUT2D eigenvalue weighted by atomic mass is 10.2. The average molecular weight is 240 g/mol. The topological polar surface area (TPSA) is 105 Å². The summed E-state index contributed by atoms with van der Waals surface area (Å²) in [6.07, 6.45) is -1.30. The summed E-state index contributed by atoms with van der Waals surface area (Å²) >= 11 is 0. The number of nitrogens with two attached hydrogens (primary N) is 1. The van der Waals surface area contributed by atoms with Crippen molar-refractivity contribution in [3.63, 3.8) is 0 Å². The number of nitrogens with zero attached hydrogens (tertiary/aromatic N) is 1. The van der Waals surface area contributed by atoms with E-state index >= 15 is 0 Å². The van der Waals surface area contributed by atoms with E-state index in [9.17, 15) is 14.9 Å². The maximum Gasteiger partial charge on any atom is 0.514 e. The summed E-state index contributed by atoms with van der Waals surface area (Å²) in [5.74, 6) is -0.0927. The van der Waals surface area contributed by atoms with Gasteiger partial charge < -0.3 is 15.2 Å². The molecule has 2 N–H and O–H groups in total. The van der Waals surface area contributed by atoms with Crippen LogP contribution in [0.2, 0.25) is 0 Å². The van der Waals surface area contributed by atoms with Gasteiger partial charge in [-0.2, -0.15) is 0 Å². The highest BCUT2D eigenvalue weighted by Crippen LogP contribution is 2.27. The van der Waals surface area contributed by atoms with Gasteiger partial charge in [0.05, 0.1) is 22.8 Å². The number of carbonyl (C=O) groups excluding carboxylic acids is 1. The Bertz CT molecular complexity index is 444. The Morgan fingerprint density at radius 2 is 2.12 bits per heavy atom. The van der Waals surface area contributed by atoms with Crippen LogP contribution < -0.4 is 10.5 Å². The van der Waals surface area contributed by atoms with E-state index < -0.39 is 11.1 Å². The van der Waals surface area contributed by atoms with Crippen LogP contribution in [0, 0.1) is 10.1 Å². The molecule has 0 fully saturated rings. The molecule has 7 nitrogen and oxygen atoms in total. The number of rotatable bonds is 3. The third kappa shape index (κ3) is 3.63. The van der Waals surface area contributed by atoms with Crippen molar-refractivity contribution in [3.05, 3.63) is 28.3 Å². The highest BCUT2D eigenvalue weighted by atomic mass is 16.7. The summed E-state index contributed by atoms with van der Waals surface area (Å²) in [5, 5.41) is 10.5. The summed E-state index contributed by atoms with van der Waals surface area (Å²) in [6.45, 7) is 3.30. The second-order valence-electron chi connectivity index (χ2n) is 3.50. The van der Waals surface area contributed by atoms with E-state index in [1.165, 1.54) is 12.1 Å². The Morgan fingerprint density at radius 1 is 1.47 bits per heavy atom. The van der Waals surface area contributed by atoms with Crippen molar-refractivity contribution in [1.29, 1.82) is 0 Å². The molecule has 0 aliphatic rings. The van der Waals surface area contributed by atoms with Crippen LogP contribution in [-0.4, -0.2) is 17.2 Å². The number of hydrogen-bond acceptors (Lipinski definition) is 6. The zero-order valence-electron chi connectivity index (χ0n) is 9.38. The molecular weight excluding hydrogens is 228 g/mol. The van der Waals surface area contributed by atoms with E-state index in [1.54, 1.807) is 13.8 Å². The van der Waals surface area contributed by atoms with Crippen molar-refractivity contribution in [2.24, 2.45) is 0 Å². The zero-order chi connectivity index (χ0) is 13.0. The van der Waals surface area contributed by atoms with Crippen molar-refractivity contribution in [2.75, 3.05) is 5.73 Å². The van der Waals surface area contributed by atoms with Crippen LogP contribution in [-0.2, 0) is 4.74 Å². The van der Waals surface area contributed by atoms with Crippen molar-refractivity contribution in [1.82, 2.24) is 0 Å². The normalized spacial score (nSPS) is 10.1. The van der Waals surface area contributed by atoms with Crippen LogP contribution in [0.3, 0.4) is 0 Å². The molecule has 0 bridgehead atoms. The minimum atomic E-state index is -0.952. The summed E-state index contributed by atoms with van der Waals surface area (Å²) < 4.78 is 9.48. The van der Waals surface area contributed by atoms with Crippen LogP contribution in [0.1, 0.15) is 13.8 Å². The van der Waals surface area contributed by atoms with E-state index in [0.29, 0.717) is 0 Å². The van der Waals surface area contributed by atoms with E-state index in [4.69, 9.17) is 15.2 Å². The van der Waals surface area contributed by atoms with E-state index in [2.05, 4.69) is 0 Å². The lowest BCUT2D eigenvalue weighted by Crippen LogP contribution is -2.16. The number of ether oxygens (including phenoxy) is 2. The highest BCUT2D eigenvalue weighted by Gasteiger charge is 2.14. The van der Waals surface area contributed by atoms with Gasteiger partial charge in [0.2, 0.25) is 0 Å². The van der Waals surface area contributed by atoms with Crippen LogP contribution in [0.15, 0.2) is 18.2 Å². The predicted molar refractivity (Wildman–Crippen MR) is 59.8 cm³/mol. The molecule has 17 heavy (non-hydrogen) atoms. The largest absolute Gasteiger partial charge is 0.514 e. The Balaban J connectivity index is 2.86. The molecule has 0 aliphatic heterocycles. The fourth-order valence-electron chi connectivity index (χ4n) is 1.03. The van der Waals surface area contributed by atoms with E-state index in [1.807, 2.05) is 0 Å². The van der Waals surface area contributed by atoms with Gasteiger partial charge in [0.15, 0.2) is 5.75 Å². The molecule has 0 saturated carbocycles. The molecule has 1 aromatic rings. The van der Waals surface area contributed by atoms with Crippen molar-refractivity contribution in [2.45, 2.75) is 20.0 Å². The van der Waals surface area contributed by atoms with Gasteiger partial charge in [0.25, 0.3) is 5.69 Å². The first kappa shape index (κ1) is 12.8. The third-order valence-electron chi connectivity index (χ3n) is 1.73. The molecular formula is C10H12N2O5. The molecule has 92 valence electrons. The van der Waals surface area contributed by atoms with Crippen molar-refractivity contribution in [3.8, 4) is 5.75 Å². The number of non-ortho nitro benzene ring substituents is 1. The molecule has 0 aliphatic carbocycles. The van der Waals surface area contributed by atoms with Crippen molar-refractivity contribution < 1.29 is 19.2 Å². The standard InChI is InChI=1S/C10H12N2O5/c1-6(2)16-10(13)17-9-5-7(12(14)15)3-4-8(9)11/h3-6H,11H2,1-2H3. The van der Waals surface area contributed by atoms with Gasteiger partial charge in [-0.3, -0.25) is 10.1 Å². The summed E-state index contributed by atoms with van der Waals surface area (Å²) in [7, 11) is 0. The lowest BCUT2D eigenvalue weighted by molar-refractivity contribution is -0.384. The quantitative estimate of drug-likeness (QED) is 0.285. The average Bonchev–Trinajstić information content (AvgIpc) is 2.19. The first-order chi connectivity index (χ1) is 7.90. The predicted octanol–water partition coefficient (Wildman–Crippen LogP) is 2.10. The molecule has 0 saturated heterocycles. The maximum absolute atomic E-state index is 11.2. The molecule has 0 unspecified atom stereocenters. The number of nitrogen functional groups attached to an aromatic ring is 1. The van der Waals surface area contributed by atoms with Gasteiger partial charge >= 0.3 is 6.16 Å².